The van der Waals surface area contributed by atoms with Crippen LogP contribution in [0.1, 0.15) is 26.7 Å². The fourth-order valence-corrected chi connectivity index (χ4v) is 1.16. The van der Waals surface area contributed by atoms with E-state index >= 15 is 0 Å². The molecule has 0 bridgehead atoms. The highest BCUT2D eigenvalue weighted by atomic mass is 19.1. The maximum absolute atomic E-state index is 12.7. The van der Waals surface area contributed by atoms with Gasteiger partial charge in [0.1, 0.15) is 6.17 Å². The highest BCUT2D eigenvalue weighted by Crippen LogP contribution is 2.48. The van der Waals surface area contributed by atoms with Crippen LogP contribution in [0.25, 0.3) is 0 Å². The van der Waals surface area contributed by atoms with Crippen molar-refractivity contribution < 1.29 is 9.18 Å². The smallest absolute Gasteiger partial charge is 0.229 e. The van der Waals surface area contributed by atoms with Crippen molar-refractivity contribution in [2.45, 2.75) is 38.9 Å². The van der Waals surface area contributed by atoms with Crippen molar-refractivity contribution >= 4 is 5.91 Å². The second-order valence-corrected chi connectivity index (χ2v) is 3.87. The predicted molar refractivity (Wildman–Crippen MR) is 48.7 cm³/mol. The number of hydrogen-bond acceptors (Lipinski definition) is 1. The summed E-state index contributed by atoms with van der Waals surface area (Å²) in [5, 5.41) is 2.69. The van der Waals surface area contributed by atoms with E-state index in [4.69, 9.17) is 6.42 Å². The van der Waals surface area contributed by atoms with Crippen LogP contribution in [-0.2, 0) is 4.79 Å². The second kappa shape index (κ2) is 3.37. The van der Waals surface area contributed by atoms with E-state index < -0.39 is 11.6 Å². The van der Waals surface area contributed by atoms with Gasteiger partial charge in [0.25, 0.3) is 0 Å². The first-order chi connectivity index (χ1) is 6.00. The number of hydrogen-bond donors (Lipinski definition) is 1. The molecule has 2 nitrogen and oxygen atoms in total. The number of carbonyl (C=O) groups excluding carboxylic acids is 1. The lowest BCUT2D eigenvalue weighted by atomic mass is 10.1. The number of amides is 1. The summed E-state index contributed by atoms with van der Waals surface area (Å²) in [6, 6.07) is -0.0675. The van der Waals surface area contributed by atoms with Crippen LogP contribution < -0.4 is 5.32 Å². The molecule has 3 unspecified atom stereocenters. The molecule has 0 saturated heterocycles. The summed E-state index contributed by atoms with van der Waals surface area (Å²) in [5.41, 5.74) is -0.789. The minimum absolute atomic E-state index is 0.0675. The molecule has 0 aromatic heterocycles. The summed E-state index contributed by atoms with van der Waals surface area (Å²) in [6.45, 7) is 3.45. The summed E-state index contributed by atoms with van der Waals surface area (Å²) in [4.78, 5) is 11.4. The van der Waals surface area contributed by atoms with Crippen molar-refractivity contribution in [2.75, 3.05) is 0 Å². The predicted octanol–water partition coefficient (Wildman–Crippen LogP) is 1.26. The molecule has 1 amide bonds. The highest BCUT2D eigenvalue weighted by Gasteiger charge is 2.57. The number of halogens is 1. The Labute approximate surface area is 77.9 Å². The summed E-state index contributed by atoms with van der Waals surface area (Å²) in [5.74, 6) is 2.23. The van der Waals surface area contributed by atoms with Gasteiger partial charge in [-0.1, -0.05) is 0 Å². The number of terminal acetylenes is 1. The van der Waals surface area contributed by atoms with E-state index in [9.17, 15) is 9.18 Å². The largest absolute Gasteiger partial charge is 0.352 e. The quantitative estimate of drug-likeness (QED) is 0.656. The Kier molecular flexibility index (Phi) is 2.60. The third-order valence-electron chi connectivity index (χ3n) is 2.45. The SMILES string of the molecule is C#CCC(C)NC(=O)C1(C)CC1F. The maximum atomic E-state index is 12.7. The fourth-order valence-electron chi connectivity index (χ4n) is 1.16. The topological polar surface area (TPSA) is 29.1 Å². The fraction of sp³-hybridized carbons (Fsp3) is 0.700. The van der Waals surface area contributed by atoms with Crippen molar-refractivity contribution in [3.63, 3.8) is 0 Å². The van der Waals surface area contributed by atoms with Crippen molar-refractivity contribution in [1.29, 1.82) is 0 Å². The second-order valence-electron chi connectivity index (χ2n) is 3.87. The van der Waals surface area contributed by atoms with Crippen molar-refractivity contribution in [2.24, 2.45) is 5.41 Å². The first-order valence-electron chi connectivity index (χ1n) is 4.39. The number of carbonyl (C=O) groups is 1. The summed E-state index contributed by atoms with van der Waals surface area (Å²) in [7, 11) is 0. The van der Waals surface area contributed by atoms with Gasteiger partial charge in [-0.25, -0.2) is 4.39 Å². The third kappa shape index (κ3) is 2.00. The minimum Gasteiger partial charge on any atom is -0.352 e. The van der Waals surface area contributed by atoms with E-state index in [0.29, 0.717) is 12.8 Å². The molecule has 1 fully saturated rings. The van der Waals surface area contributed by atoms with Crippen molar-refractivity contribution in [3.8, 4) is 12.3 Å². The van der Waals surface area contributed by atoms with Crippen molar-refractivity contribution in [1.82, 2.24) is 5.32 Å². The lowest BCUT2D eigenvalue weighted by Gasteiger charge is -2.14. The minimum atomic E-state index is -0.981. The van der Waals surface area contributed by atoms with E-state index in [-0.39, 0.29) is 11.9 Å². The van der Waals surface area contributed by atoms with E-state index in [0.717, 1.165) is 0 Å². The summed E-state index contributed by atoms with van der Waals surface area (Å²) >= 11 is 0. The molecular weight excluding hydrogens is 169 g/mol. The van der Waals surface area contributed by atoms with Crippen molar-refractivity contribution in [3.05, 3.63) is 0 Å². The number of rotatable bonds is 3. The average Bonchev–Trinajstić information content (AvgIpc) is 2.61. The molecule has 1 N–H and O–H groups in total. The normalized spacial score (nSPS) is 33.2. The van der Waals surface area contributed by atoms with Crippen LogP contribution in [0.2, 0.25) is 0 Å². The molecule has 0 spiro atoms. The summed E-state index contributed by atoms with van der Waals surface area (Å²) < 4.78 is 12.7. The van der Waals surface area contributed by atoms with Crippen LogP contribution in [0.4, 0.5) is 4.39 Å². The number of alkyl halides is 1. The Bertz CT molecular complexity index is 258. The average molecular weight is 183 g/mol. The standard InChI is InChI=1S/C10H14FNO/c1-4-5-7(2)12-9(13)10(3)6-8(10)11/h1,7-8H,5-6H2,2-3H3,(H,12,13). The van der Waals surface area contributed by atoms with E-state index in [2.05, 4.69) is 11.2 Å². The molecule has 3 atom stereocenters. The molecule has 0 aliphatic heterocycles. The Morgan fingerprint density at radius 3 is 2.85 bits per heavy atom. The Hall–Kier alpha value is -1.04. The first kappa shape index (κ1) is 10.0. The van der Waals surface area contributed by atoms with Gasteiger partial charge in [-0.2, -0.15) is 0 Å². The zero-order valence-corrected chi connectivity index (χ0v) is 7.93. The van der Waals surface area contributed by atoms with Gasteiger partial charge < -0.3 is 5.32 Å². The molecule has 1 saturated carbocycles. The van der Waals surface area contributed by atoms with E-state index in [1.807, 2.05) is 6.92 Å². The molecule has 1 aliphatic rings. The Morgan fingerprint density at radius 1 is 1.92 bits per heavy atom. The van der Waals surface area contributed by atoms with Gasteiger partial charge in [-0.3, -0.25) is 4.79 Å². The highest BCUT2D eigenvalue weighted by molar-refractivity contribution is 5.86. The summed E-state index contributed by atoms with van der Waals surface area (Å²) in [6.07, 6.45) is 4.92. The molecule has 0 aromatic carbocycles. The lowest BCUT2D eigenvalue weighted by molar-refractivity contribution is -0.126. The van der Waals surface area contributed by atoms with Crippen LogP contribution >= 0.6 is 0 Å². The van der Waals surface area contributed by atoms with Crippen LogP contribution in [-0.4, -0.2) is 18.1 Å². The van der Waals surface area contributed by atoms with Crippen LogP contribution in [0.3, 0.4) is 0 Å². The van der Waals surface area contributed by atoms with Gasteiger partial charge in [-0.15, -0.1) is 12.3 Å². The molecular formula is C10H14FNO. The molecule has 3 heteroatoms. The van der Waals surface area contributed by atoms with E-state index in [1.165, 1.54) is 0 Å². The van der Waals surface area contributed by atoms with E-state index in [1.54, 1.807) is 6.92 Å². The first-order valence-corrected chi connectivity index (χ1v) is 4.39. The van der Waals surface area contributed by atoms with Gasteiger partial charge in [0.15, 0.2) is 0 Å². The van der Waals surface area contributed by atoms with Crippen LogP contribution in [0, 0.1) is 17.8 Å². The van der Waals surface area contributed by atoms with Crippen LogP contribution in [0.5, 0.6) is 0 Å². The molecule has 1 rings (SSSR count). The van der Waals surface area contributed by atoms with Gasteiger partial charge in [-0.05, 0) is 20.3 Å². The van der Waals surface area contributed by atoms with Gasteiger partial charge in [0.05, 0.1) is 5.41 Å². The van der Waals surface area contributed by atoms with Gasteiger partial charge in [0, 0.05) is 12.5 Å². The molecule has 13 heavy (non-hydrogen) atoms. The monoisotopic (exact) mass is 183 g/mol. The maximum Gasteiger partial charge on any atom is 0.229 e. The zero-order valence-electron chi connectivity index (χ0n) is 7.93. The molecule has 0 heterocycles. The molecule has 0 radical (unpaired) electrons. The van der Waals surface area contributed by atoms with Gasteiger partial charge >= 0.3 is 0 Å². The lowest BCUT2D eigenvalue weighted by Crippen LogP contribution is -2.38. The number of nitrogens with one attached hydrogen (secondary N) is 1. The van der Waals surface area contributed by atoms with Crippen LogP contribution in [0.15, 0.2) is 0 Å². The Morgan fingerprint density at radius 2 is 2.46 bits per heavy atom. The molecule has 1 aliphatic carbocycles. The third-order valence-corrected chi connectivity index (χ3v) is 2.45. The molecule has 0 aromatic rings. The van der Waals surface area contributed by atoms with Gasteiger partial charge in [0.2, 0.25) is 5.91 Å². The molecule has 72 valence electrons. The Balaban J connectivity index is 2.39. The zero-order chi connectivity index (χ0) is 10.1.